The zero-order valence-corrected chi connectivity index (χ0v) is 17.9. The Labute approximate surface area is 178 Å². The molecule has 0 aliphatic carbocycles. The number of hydrogen-bond donors (Lipinski definition) is 1. The minimum absolute atomic E-state index is 0.129. The Kier molecular flexibility index (Phi) is 6.59. The normalized spacial score (nSPS) is 11.6. The molecule has 1 N–H and O–H groups in total. The summed E-state index contributed by atoms with van der Waals surface area (Å²) in [5.41, 5.74) is 1.16. The van der Waals surface area contributed by atoms with Crippen molar-refractivity contribution >= 4 is 27.5 Å². The number of aryl methyl sites for hydroxylation is 2. The highest BCUT2D eigenvalue weighted by Crippen LogP contribution is 2.14. The minimum atomic E-state index is -0.726. The van der Waals surface area contributed by atoms with Gasteiger partial charge in [0.25, 0.3) is 11.1 Å². The number of H-pyrrole nitrogens is 1. The van der Waals surface area contributed by atoms with E-state index in [1.165, 1.54) is 4.68 Å². The van der Waals surface area contributed by atoms with E-state index in [9.17, 15) is 14.4 Å². The standard InChI is InChI=1S/C14H16N2O3.C9H8N2O/c1-4-19-14(18)10(3)16-13(17)12-8-6-5-7-11(12)9(2)15-16;1-6-7-4-2-3-5-8(7)9(12)11-10-6/h5-8,10H,4H2,1-3H3;2-5H,1H3,(H,11,12). The van der Waals surface area contributed by atoms with E-state index >= 15 is 0 Å². The number of nitrogens with zero attached hydrogens (tertiary/aromatic N) is 3. The van der Waals surface area contributed by atoms with Crippen molar-refractivity contribution in [1.29, 1.82) is 0 Å². The van der Waals surface area contributed by atoms with Gasteiger partial charge in [0.15, 0.2) is 6.04 Å². The molecule has 0 spiro atoms. The van der Waals surface area contributed by atoms with E-state index in [-0.39, 0.29) is 17.7 Å². The summed E-state index contributed by atoms with van der Waals surface area (Å²) in [5.74, 6) is -0.452. The van der Waals surface area contributed by atoms with Crippen LogP contribution < -0.4 is 11.1 Å². The summed E-state index contributed by atoms with van der Waals surface area (Å²) in [4.78, 5) is 35.3. The molecule has 4 aromatic rings. The van der Waals surface area contributed by atoms with Crippen LogP contribution >= 0.6 is 0 Å². The van der Waals surface area contributed by atoms with Gasteiger partial charge in [0.2, 0.25) is 0 Å². The Morgan fingerprint density at radius 1 is 0.968 bits per heavy atom. The number of nitrogens with one attached hydrogen (secondary N) is 1. The summed E-state index contributed by atoms with van der Waals surface area (Å²) < 4.78 is 6.12. The van der Waals surface area contributed by atoms with Crippen LogP contribution in [0, 0.1) is 13.8 Å². The van der Waals surface area contributed by atoms with Crippen molar-refractivity contribution in [3.8, 4) is 0 Å². The lowest BCUT2D eigenvalue weighted by atomic mass is 10.1. The van der Waals surface area contributed by atoms with Gasteiger partial charge in [-0.25, -0.2) is 14.6 Å². The fourth-order valence-electron chi connectivity index (χ4n) is 3.25. The highest BCUT2D eigenvalue weighted by atomic mass is 16.5. The fourth-order valence-corrected chi connectivity index (χ4v) is 3.25. The lowest BCUT2D eigenvalue weighted by Gasteiger charge is -2.14. The molecule has 0 aliphatic heterocycles. The quantitative estimate of drug-likeness (QED) is 0.511. The molecule has 31 heavy (non-hydrogen) atoms. The molecular weight excluding hydrogens is 396 g/mol. The molecule has 8 nitrogen and oxygen atoms in total. The third-order valence-electron chi connectivity index (χ3n) is 4.89. The number of esters is 1. The van der Waals surface area contributed by atoms with Gasteiger partial charge >= 0.3 is 5.97 Å². The molecular formula is C23H24N4O4. The monoisotopic (exact) mass is 420 g/mol. The van der Waals surface area contributed by atoms with Gasteiger partial charge in [-0.15, -0.1) is 0 Å². The summed E-state index contributed by atoms with van der Waals surface area (Å²) in [6, 6.07) is 13.9. The van der Waals surface area contributed by atoms with E-state index in [0.717, 1.165) is 16.5 Å². The molecule has 1 atom stereocenters. The first-order chi connectivity index (χ1) is 14.8. The minimum Gasteiger partial charge on any atom is -0.464 e. The maximum Gasteiger partial charge on any atom is 0.330 e. The number of carbonyl (C=O) groups is 1. The number of carbonyl (C=O) groups excluding carboxylic acids is 1. The van der Waals surface area contributed by atoms with Crippen LogP contribution in [0.15, 0.2) is 58.1 Å². The SMILES string of the molecule is CCOC(=O)C(C)n1nc(C)c2ccccc2c1=O.Cc1n[nH]c(=O)c2ccccc12. The number of fused-ring (bicyclic) bond motifs is 2. The predicted octanol–water partition coefficient (Wildman–Crippen LogP) is 3.06. The second-order valence-electron chi connectivity index (χ2n) is 6.99. The molecule has 0 bridgehead atoms. The molecule has 160 valence electrons. The number of aromatic amines is 1. The Hall–Kier alpha value is -3.81. The van der Waals surface area contributed by atoms with Crippen LogP contribution in [0.3, 0.4) is 0 Å². The summed E-state index contributed by atoms with van der Waals surface area (Å²) in [5, 5.41) is 13.5. The Balaban J connectivity index is 0.000000194. The zero-order chi connectivity index (χ0) is 22.5. The summed E-state index contributed by atoms with van der Waals surface area (Å²) in [7, 11) is 0. The molecule has 4 rings (SSSR count). The predicted molar refractivity (Wildman–Crippen MR) is 119 cm³/mol. The Bertz CT molecular complexity index is 1360. The topological polar surface area (TPSA) is 107 Å². The van der Waals surface area contributed by atoms with E-state index in [2.05, 4.69) is 15.3 Å². The van der Waals surface area contributed by atoms with Crippen molar-refractivity contribution in [2.75, 3.05) is 6.61 Å². The molecule has 0 fully saturated rings. The third kappa shape index (κ3) is 4.53. The van der Waals surface area contributed by atoms with Crippen LogP contribution in [0.1, 0.15) is 31.3 Å². The first kappa shape index (κ1) is 21.9. The second kappa shape index (κ2) is 9.34. The van der Waals surface area contributed by atoms with Crippen LogP contribution in [0.5, 0.6) is 0 Å². The molecule has 2 heterocycles. The highest BCUT2D eigenvalue weighted by molar-refractivity contribution is 5.84. The van der Waals surface area contributed by atoms with Crippen molar-refractivity contribution in [1.82, 2.24) is 20.0 Å². The van der Waals surface area contributed by atoms with Gasteiger partial charge in [-0.05, 0) is 39.8 Å². The first-order valence-corrected chi connectivity index (χ1v) is 9.94. The second-order valence-corrected chi connectivity index (χ2v) is 6.99. The van der Waals surface area contributed by atoms with Gasteiger partial charge in [-0.2, -0.15) is 10.2 Å². The third-order valence-corrected chi connectivity index (χ3v) is 4.89. The molecule has 2 aromatic heterocycles. The van der Waals surface area contributed by atoms with Gasteiger partial charge in [0.05, 0.1) is 28.8 Å². The molecule has 8 heteroatoms. The number of ether oxygens (including phenoxy) is 1. The van der Waals surface area contributed by atoms with Crippen LogP contribution in [0.25, 0.3) is 21.5 Å². The number of benzene rings is 2. The lowest BCUT2D eigenvalue weighted by Crippen LogP contribution is -2.32. The number of hydrogen-bond acceptors (Lipinski definition) is 6. The molecule has 2 aromatic carbocycles. The summed E-state index contributed by atoms with van der Waals surface area (Å²) in [6.45, 7) is 7.31. The Morgan fingerprint density at radius 3 is 2.10 bits per heavy atom. The van der Waals surface area contributed by atoms with Gasteiger partial charge in [0.1, 0.15) is 0 Å². The maximum absolute atomic E-state index is 12.3. The van der Waals surface area contributed by atoms with E-state index in [0.29, 0.717) is 16.5 Å². The number of aromatic nitrogens is 4. The van der Waals surface area contributed by atoms with Gasteiger partial charge in [-0.1, -0.05) is 36.4 Å². The van der Waals surface area contributed by atoms with Crippen molar-refractivity contribution in [2.24, 2.45) is 0 Å². The average molecular weight is 420 g/mol. The van der Waals surface area contributed by atoms with Crippen LogP contribution in [-0.4, -0.2) is 32.6 Å². The summed E-state index contributed by atoms with van der Waals surface area (Å²) in [6.07, 6.45) is 0. The maximum atomic E-state index is 12.3. The van der Waals surface area contributed by atoms with Crippen LogP contribution in [0.4, 0.5) is 0 Å². The van der Waals surface area contributed by atoms with E-state index in [1.807, 2.05) is 44.2 Å². The molecule has 0 amide bonds. The van der Waals surface area contributed by atoms with Crippen LogP contribution in [0.2, 0.25) is 0 Å². The Morgan fingerprint density at radius 2 is 1.52 bits per heavy atom. The summed E-state index contributed by atoms with van der Waals surface area (Å²) >= 11 is 0. The van der Waals surface area contributed by atoms with Crippen molar-refractivity contribution in [3.05, 3.63) is 80.6 Å². The number of rotatable bonds is 3. The van der Waals surface area contributed by atoms with Gasteiger partial charge < -0.3 is 4.74 Å². The van der Waals surface area contributed by atoms with Crippen molar-refractivity contribution in [3.63, 3.8) is 0 Å². The molecule has 0 saturated carbocycles. The lowest BCUT2D eigenvalue weighted by molar-refractivity contribution is -0.147. The fraction of sp³-hybridized carbons (Fsp3) is 0.261. The highest BCUT2D eigenvalue weighted by Gasteiger charge is 2.20. The largest absolute Gasteiger partial charge is 0.464 e. The van der Waals surface area contributed by atoms with E-state index < -0.39 is 12.0 Å². The van der Waals surface area contributed by atoms with Gasteiger partial charge in [-0.3, -0.25) is 9.59 Å². The smallest absolute Gasteiger partial charge is 0.330 e. The van der Waals surface area contributed by atoms with E-state index in [4.69, 9.17) is 4.74 Å². The average Bonchev–Trinajstić information content (AvgIpc) is 2.79. The molecule has 0 saturated heterocycles. The molecule has 0 radical (unpaired) electrons. The molecule has 0 aliphatic rings. The first-order valence-electron chi connectivity index (χ1n) is 9.94. The zero-order valence-electron chi connectivity index (χ0n) is 17.9. The van der Waals surface area contributed by atoms with Gasteiger partial charge in [0, 0.05) is 10.8 Å². The van der Waals surface area contributed by atoms with Crippen LogP contribution in [-0.2, 0) is 9.53 Å². The van der Waals surface area contributed by atoms with Crippen molar-refractivity contribution < 1.29 is 9.53 Å². The van der Waals surface area contributed by atoms with Crippen molar-refractivity contribution in [2.45, 2.75) is 33.7 Å². The van der Waals surface area contributed by atoms with E-state index in [1.54, 1.807) is 32.0 Å². The molecule has 1 unspecified atom stereocenters.